The molecule has 0 unspecified atom stereocenters. The number of aryl methyl sites for hydroxylation is 1. The van der Waals surface area contributed by atoms with Crippen LogP contribution in [0.1, 0.15) is 11.1 Å². The summed E-state index contributed by atoms with van der Waals surface area (Å²) in [4.78, 5) is 40.0. The molecule has 2 amide bonds. The fraction of sp³-hybridized carbons (Fsp3) is 0.318. The molecular weight excluding hydrogens is 373 g/mol. The standard InChI is InChI=1S/C22H24FN3O3/c1-16-6-2-3-7-17(16)14-20(27)22(29)24-15-21(28)26-12-10-25(11-13-26)19-9-5-4-8-18(19)23/h2-9H,10-15H2,1H3,(H,24,29). The van der Waals surface area contributed by atoms with Gasteiger partial charge in [-0.2, -0.15) is 0 Å². The van der Waals surface area contributed by atoms with Gasteiger partial charge in [0.1, 0.15) is 5.82 Å². The largest absolute Gasteiger partial charge is 0.366 e. The molecule has 6 nitrogen and oxygen atoms in total. The van der Waals surface area contributed by atoms with Gasteiger partial charge in [-0.3, -0.25) is 14.4 Å². The molecule has 29 heavy (non-hydrogen) atoms. The number of amides is 2. The second-order valence-electron chi connectivity index (χ2n) is 7.03. The first kappa shape index (κ1) is 20.5. The Balaban J connectivity index is 1.45. The van der Waals surface area contributed by atoms with Gasteiger partial charge < -0.3 is 15.1 Å². The van der Waals surface area contributed by atoms with Gasteiger partial charge in [-0.15, -0.1) is 0 Å². The lowest BCUT2D eigenvalue weighted by Crippen LogP contribution is -2.51. The normalized spacial score (nSPS) is 13.9. The molecule has 0 atom stereocenters. The predicted octanol–water partition coefficient (Wildman–Crippen LogP) is 1.71. The zero-order valence-corrected chi connectivity index (χ0v) is 16.4. The van der Waals surface area contributed by atoms with Crippen LogP contribution >= 0.6 is 0 Å². The summed E-state index contributed by atoms with van der Waals surface area (Å²) in [5, 5.41) is 2.42. The van der Waals surface area contributed by atoms with Crippen LogP contribution in [0.15, 0.2) is 48.5 Å². The second kappa shape index (κ2) is 9.32. The number of rotatable bonds is 6. The molecule has 1 aliphatic heterocycles. The molecule has 0 saturated carbocycles. The monoisotopic (exact) mass is 397 g/mol. The third-order valence-corrected chi connectivity index (χ3v) is 5.09. The van der Waals surface area contributed by atoms with Crippen molar-refractivity contribution in [2.24, 2.45) is 0 Å². The van der Waals surface area contributed by atoms with Crippen LogP contribution in [-0.2, 0) is 20.8 Å². The first-order valence-electron chi connectivity index (χ1n) is 9.58. The van der Waals surface area contributed by atoms with Crippen molar-refractivity contribution >= 4 is 23.3 Å². The summed E-state index contributed by atoms with van der Waals surface area (Å²) in [5.41, 5.74) is 2.26. The third kappa shape index (κ3) is 5.19. The van der Waals surface area contributed by atoms with E-state index in [9.17, 15) is 18.8 Å². The highest BCUT2D eigenvalue weighted by Crippen LogP contribution is 2.20. The maximum absolute atomic E-state index is 13.9. The molecule has 3 rings (SSSR count). The average Bonchev–Trinajstić information content (AvgIpc) is 2.74. The number of hydrogen-bond acceptors (Lipinski definition) is 4. The van der Waals surface area contributed by atoms with Crippen molar-refractivity contribution in [2.45, 2.75) is 13.3 Å². The van der Waals surface area contributed by atoms with Crippen molar-refractivity contribution in [1.82, 2.24) is 10.2 Å². The van der Waals surface area contributed by atoms with E-state index in [-0.39, 0.29) is 24.7 Å². The van der Waals surface area contributed by atoms with E-state index >= 15 is 0 Å². The van der Waals surface area contributed by atoms with Gasteiger partial charge in [0.15, 0.2) is 0 Å². The quantitative estimate of drug-likeness (QED) is 0.754. The number of Topliss-reactive ketones (excluding diaryl/α,β-unsaturated/α-hetero) is 1. The Kier molecular flexibility index (Phi) is 6.59. The number of nitrogens with zero attached hydrogens (tertiary/aromatic N) is 2. The summed E-state index contributed by atoms with van der Waals surface area (Å²) < 4.78 is 13.9. The summed E-state index contributed by atoms with van der Waals surface area (Å²) in [7, 11) is 0. The molecule has 2 aromatic carbocycles. The van der Waals surface area contributed by atoms with Crippen LogP contribution in [0.5, 0.6) is 0 Å². The second-order valence-corrected chi connectivity index (χ2v) is 7.03. The minimum Gasteiger partial charge on any atom is -0.366 e. The Hall–Kier alpha value is -3.22. The van der Waals surface area contributed by atoms with Crippen LogP contribution in [0.4, 0.5) is 10.1 Å². The van der Waals surface area contributed by atoms with Gasteiger partial charge in [-0.05, 0) is 30.2 Å². The molecule has 0 aromatic heterocycles. The van der Waals surface area contributed by atoms with Crippen LogP contribution < -0.4 is 10.2 Å². The molecule has 0 bridgehead atoms. The van der Waals surface area contributed by atoms with E-state index in [0.717, 1.165) is 11.1 Å². The van der Waals surface area contributed by atoms with Crippen LogP contribution in [0.3, 0.4) is 0 Å². The molecule has 0 spiro atoms. The molecule has 0 radical (unpaired) electrons. The fourth-order valence-corrected chi connectivity index (χ4v) is 3.33. The Bertz CT molecular complexity index is 908. The highest BCUT2D eigenvalue weighted by molar-refractivity contribution is 6.36. The SMILES string of the molecule is Cc1ccccc1CC(=O)C(=O)NCC(=O)N1CCN(c2ccccc2F)CC1. The van der Waals surface area contributed by atoms with Gasteiger partial charge in [-0.1, -0.05) is 36.4 Å². The van der Waals surface area contributed by atoms with Crippen molar-refractivity contribution < 1.29 is 18.8 Å². The third-order valence-electron chi connectivity index (χ3n) is 5.09. The first-order chi connectivity index (χ1) is 14.0. The lowest BCUT2D eigenvalue weighted by molar-refractivity contribution is -0.139. The Morgan fingerprint density at radius 2 is 1.62 bits per heavy atom. The molecule has 152 valence electrons. The van der Waals surface area contributed by atoms with Gasteiger partial charge in [-0.25, -0.2) is 4.39 Å². The molecular formula is C22H24FN3O3. The van der Waals surface area contributed by atoms with E-state index in [4.69, 9.17) is 0 Å². The van der Waals surface area contributed by atoms with Crippen LogP contribution in [0, 0.1) is 12.7 Å². The fourth-order valence-electron chi connectivity index (χ4n) is 3.33. The number of carbonyl (C=O) groups excluding carboxylic acids is 3. The number of ketones is 1. The maximum atomic E-state index is 13.9. The number of para-hydroxylation sites is 1. The Morgan fingerprint density at radius 3 is 2.31 bits per heavy atom. The summed E-state index contributed by atoms with van der Waals surface area (Å²) in [6.45, 7) is 3.53. The summed E-state index contributed by atoms with van der Waals surface area (Å²) in [5.74, 6) is -1.87. The minimum atomic E-state index is -0.758. The van der Waals surface area contributed by atoms with Crippen LogP contribution in [0.25, 0.3) is 0 Å². The maximum Gasteiger partial charge on any atom is 0.288 e. The molecule has 2 aromatic rings. The lowest BCUT2D eigenvalue weighted by atomic mass is 10.0. The highest BCUT2D eigenvalue weighted by atomic mass is 19.1. The van der Waals surface area contributed by atoms with E-state index in [2.05, 4.69) is 5.32 Å². The Labute approximate surface area is 169 Å². The molecule has 7 heteroatoms. The Morgan fingerprint density at radius 1 is 0.966 bits per heavy atom. The number of halogens is 1. The van der Waals surface area contributed by atoms with Crippen molar-refractivity contribution in [1.29, 1.82) is 0 Å². The molecule has 1 N–H and O–H groups in total. The molecule has 1 fully saturated rings. The van der Waals surface area contributed by atoms with E-state index < -0.39 is 11.7 Å². The molecule has 1 heterocycles. The predicted molar refractivity (Wildman–Crippen MR) is 108 cm³/mol. The van der Waals surface area contributed by atoms with Crippen molar-refractivity contribution in [3.8, 4) is 0 Å². The van der Waals surface area contributed by atoms with Crippen LogP contribution in [-0.4, -0.2) is 55.2 Å². The van der Waals surface area contributed by atoms with Gasteiger partial charge in [0.05, 0.1) is 12.2 Å². The average molecular weight is 397 g/mol. The van der Waals surface area contributed by atoms with Gasteiger partial charge in [0, 0.05) is 32.6 Å². The number of nitrogens with one attached hydrogen (secondary N) is 1. The lowest BCUT2D eigenvalue weighted by Gasteiger charge is -2.36. The first-order valence-corrected chi connectivity index (χ1v) is 9.58. The molecule has 0 aliphatic carbocycles. The smallest absolute Gasteiger partial charge is 0.288 e. The van der Waals surface area contributed by atoms with Crippen molar-refractivity contribution in [3.63, 3.8) is 0 Å². The summed E-state index contributed by atoms with van der Waals surface area (Å²) >= 11 is 0. The minimum absolute atomic E-state index is 0.00795. The van der Waals surface area contributed by atoms with Crippen molar-refractivity contribution in [2.75, 3.05) is 37.6 Å². The number of benzene rings is 2. The van der Waals surface area contributed by atoms with Gasteiger partial charge >= 0.3 is 0 Å². The van der Waals surface area contributed by atoms with E-state index in [1.807, 2.05) is 30.0 Å². The number of hydrogen-bond donors (Lipinski definition) is 1. The van der Waals surface area contributed by atoms with Gasteiger partial charge in [0.2, 0.25) is 11.7 Å². The molecule has 1 aliphatic rings. The van der Waals surface area contributed by atoms with Crippen molar-refractivity contribution in [3.05, 3.63) is 65.5 Å². The van der Waals surface area contributed by atoms with E-state index in [1.54, 1.807) is 29.2 Å². The zero-order chi connectivity index (χ0) is 20.8. The highest BCUT2D eigenvalue weighted by Gasteiger charge is 2.23. The zero-order valence-electron chi connectivity index (χ0n) is 16.4. The van der Waals surface area contributed by atoms with E-state index in [0.29, 0.717) is 31.9 Å². The molecule has 1 saturated heterocycles. The number of piperazine rings is 1. The summed E-state index contributed by atoms with van der Waals surface area (Å²) in [6.07, 6.45) is 0.00795. The number of carbonyl (C=O) groups is 3. The van der Waals surface area contributed by atoms with Gasteiger partial charge in [0.25, 0.3) is 5.91 Å². The topological polar surface area (TPSA) is 69.7 Å². The van der Waals surface area contributed by atoms with Crippen LogP contribution in [0.2, 0.25) is 0 Å². The summed E-state index contributed by atoms with van der Waals surface area (Å²) in [6, 6.07) is 13.9. The van der Waals surface area contributed by atoms with E-state index in [1.165, 1.54) is 6.07 Å². The number of anilines is 1.